The lowest BCUT2D eigenvalue weighted by Gasteiger charge is -2.27. The number of amides is 1. The smallest absolute Gasteiger partial charge is 0.410 e. The molecule has 1 aliphatic heterocycles. The third-order valence-electron chi connectivity index (χ3n) is 3.92. The minimum absolute atomic E-state index is 0.160. The summed E-state index contributed by atoms with van der Waals surface area (Å²) in [5.41, 5.74) is -0.478. The highest BCUT2D eigenvalue weighted by molar-refractivity contribution is 5.76. The fourth-order valence-electron chi connectivity index (χ4n) is 2.69. The van der Waals surface area contributed by atoms with Gasteiger partial charge in [0.05, 0.1) is 7.11 Å². The first-order valence-electron chi connectivity index (χ1n) is 8.46. The zero-order valence-corrected chi connectivity index (χ0v) is 15.3. The summed E-state index contributed by atoms with van der Waals surface area (Å²) in [5, 5.41) is 3.40. The van der Waals surface area contributed by atoms with Crippen molar-refractivity contribution in [1.82, 2.24) is 10.2 Å². The van der Waals surface area contributed by atoms with Gasteiger partial charge in [-0.15, -0.1) is 0 Å². The second kappa shape index (κ2) is 8.52. The second-order valence-corrected chi connectivity index (χ2v) is 7.51. The molecule has 1 rings (SSSR count). The van der Waals surface area contributed by atoms with Gasteiger partial charge in [0.25, 0.3) is 0 Å². The van der Waals surface area contributed by atoms with Crippen LogP contribution in [0.25, 0.3) is 0 Å². The number of nitrogens with one attached hydrogen (secondary N) is 1. The molecule has 134 valence electrons. The van der Waals surface area contributed by atoms with E-state index in [0.29, 0.717) is 13.1 Å². The largest absolute Gasteiger partial charge is 0.468 e. The Kier molecular flexibility index (Phi) is 7.32. The Labute approximate surface area is 139 Å². The van der Waals surface area contributed by atoms with Crippen LogP contribution in [0.1, 0.15) is 53.9 Å². The predicted molar refractivity (Wildman–Crippen MR) is 89.2 cm³/mol. The van der Waals surface area contributed by atoms with Crippen LogP contribution in [0.15, 0.2) is 0 Å². The van der Waals surface area contributed by atoms with E-state index in [0.717, 1.165) is 19.3 Å². The van der Waals surface area contributed by atoms with Crippen molar-refractivity contribution < 1.29 is 19.1 Å². The normalized spacial score (nSPS) is 20.8. The molecule has 0 aromatic rings. The van der Waals surface area contributed by atoms with Crippen molar-refractivity contribution in [1.29, 1.82) is 0 Å². The molecular weight excluding hydrogens is 296 g/mol. The van der Waals surface area contributed by atoms with Crippen LogP contribution in [0, 0.1) is 5.92 Å². The molecule has 1 fully saturated rings. The van der Waals surface area contributed by atoms with Crippen molar-refractivity contribution in [3.8, 4) is 0 Å². The Morgan fingerprint density at radius 1 is 1.17 bits per heavy atom. The van der Waals surface area contributed by atoms with Gasteiger partial charge in [0.15, 0.2) is 0 Å². The van der Waals surface area contributed by atoms with E-state index >= 15 is 0 Å². The molecule has 1 aliphatic rings. The lowest BCUT2D eigenvalue weighted by molar-refractivity contribution is -0.144. The molecule has 1 saturated heterocycles. The lowest BCUT2D eigenvalue weighted by Crippen LogP contribution is -2.47. The van der Waals surface area contributed by atoms with Crippen LogP contribution in [0.4, 0.5) is 4.79 Å². The van der Waals surface area contributed by atoms with Gasteiger partial charge in [0.2, 0.25) is 0 Å². The van der Waals surface area contributed by atoms with E-state index in [9.17, 15) is 9.59 Å². The minimum Gasteiger partial charge on any atom is -0.468 e. The molecule has 0 aromatic heterocycles. The first-order chi connectivity index (χ1) is 10.6. The second-order valence-electron chi connectivity index (χ2n) is 7.51. The van der Waals surface area contributed by atoms with Crippen molar-refractivity contribution in [3.05, 3.63) is 0 Å². The van der Waals surface area contributed by atoms with Crippen LogP contribution in [0.3, 0.4) is 0 Å². The Morgan fingerprint density at radius 2 is 1.83 bits per heavy atom. The zero-order valence-electron chi connectivity index (χ0n) is 15.3. The molecule has 0 aromatic carbocycles. The molecule has 0 saturated carbocycles. The summed E-state index contributed by atoms with van der Waals surface area (Å²) < 4.78 is 10.3. The van der Waals surface area contributed by atoms with E-state index in [1.54, 1.807) is 4.90 Å². The SMILES string of the molecule is COC(=O)C(NC1CCCN(C(=O)OC(C)(C)C)CC1)C(C)C. The number of carbonyl (C=O) groups excluding carboxylic acids is 2. The monoisotopic (exact) mass is 328 g/mol. The first-order valence-corrected chi connectivity index (χ1v) is 8.46. The van der Waals surface area contributed by atoms with Gasteiger partial charge in [-0.1, -0.05) is 13.8 Å². The average Bonchev–Trinajstić information content (AvgIpc) is 2.67. The molecule has 6 nitrogen and oxygen atoms in total. The highest BCUT2D eigenvalue weighted by Crippen LogP contribution is 2.17. The van der Waals surface area contributed by atoms with Crippen LogP contribution >= 0.6 is 0 Å². The molecule has 0 aliphatic carbocycles. The summed E-state index contributed by atoms with van der Waals surface area (Å²) in [6.07, 6.45) is 2.37. The topological polar surface area (TPSA) is 67.9 Å². The quantitative estimate of drug-likeness (QED) is 0.803. The summed E-state index contributed by atoms with van der Waals surface area (Å²) in [6.45, 7) is 10.9. The van der Waals surface area contributed by atoms with E-state index in [4.69, 9.17) is 9.47 Å². The Hall–Kier alpha value is -1.30. The zero-order chi connectivity index (χ0) is 17.6. The third kappa shape index (κ3) is 6.77. The summed E-state index contributed by atoms with van der Waals surface area (Å²) in [7, 11) is 1.41. The fourth-order valence-corrected chi connectivity index (χ4v) is 2.69. The number of hydrogen-bond donors (Lipinski definition) is 1. The third-order valence-corrected chi connectivity index (χ3v) is 3.92. The van der Waals surface area contributed by atoms with E-state index < -0.39 is 5.60 Å². The molecule has 2 atom stereocenters. The van der Waals surface area contributed by atoms with Gasteiger partial charge in [-0.3, -0.25) is 4.79 Å². The summed E-state index contributed by atoms with van der Waals surface area (Å²) in [6, 6.07) is -0.105. The number of hydrogen-bond acceptors (Lipinski definition) is 5. The molecule has 23 heavy (non-hydrogen) atoms. The summed E-state index contributed by atoms with van der Waals surface area (Å²) in [4.78, 5) is 25.8. The van der Waals surface area contributed by atoms with Gasteiger partial charge >= 0.3 is 12.1 Å². The number of methoxy groups -OCH3 is 1. The molecule has 1 amide bonds. The Balaban J connectivity index is 2.58. The minimum atomic E-state index is -0.478. The van der Waals surface area contributed by atoms with Gasteiger partial charge in [0.1, 0.15) is 11.6 Å². The van der Waals surface area contributed by atoms with Gasteiger partial charge in [-0.05, 0) is 46.0 Å². The number of likely N-dealkylation sites (tertiary alicyclic amines) is 1. The molecule has 0 radical (unpaired) electrons. The van der Waals surface area contributed by atoms with E-state index in [1.807, 2.05) is 34.6 Å². The summed E-state index contributed by atoms with van der Waals surface area (Å²) in [5.74, 6) is -0.0686. The Bertz CT molecular complexity index is 404. The lowest BCUT2D eigenvalue weighted by atomic mass is 10.0. The Morgan fingerprint density at radius 3 is 2.35 bits per heavy atom. The molecule has 2 unspecified atom stereocenters. The number of esters is 1. The standard InChI is InChI=1S/C17H32N2O4/c1-12(2)14(15(20)22-6)18-13-8-7-10-19(11-9-13)16(21)23-17(3,4)5/h12-14,18H,7-11H2,1-6H3. The first kappa shape index (κ1) is 19.7. The van der Waals surface area contributed by atoms with Crippen molar-refractivity contribution in [2.45, 2.75) is 71.6 Å². The maximum Gasteiger partial charge on any atom is 0.410 e. The number of rotatable bonds is 4. The van der Waals surface area contributed by atoms with E-state index in [2.05, 4.69) is 5.32 Å². The molecule has 1 N–H and O–H groups in total. The van der Waals surface area contributed by atoms with Crippen molar-refractivity contribution in [2.24, 2.45) is 5.92 Å². The number of ether oxygens (including phenoxy) is 2. The van der Waals surface area contributed by atoms with Crippen LogP contribution in [0.5, 0.6) is 0 Å². The molecule has 6 heteroatoms. The molecular formula is C17H32N2O4. The van der Waals surface area contributed by atoms with Crippen LogP contribution in [-0.2, 0) is 14.3 Å². The van der Waals surface area contributed by atoms with Gasteiger partial charge < -0.3 is 19.7 Å². The van der Waals surface area contributed by atoms with E-state index in [1.165, 1.54) is 7.11 Å². The van der Waals surface area contributed by atoms with Crippen LogP contribution in [0.2, 0.25) is 0 Å². The maximum absolute atomic E-state index is 12.2. The summed E-state index contributed by atoms with van der Waals surface area (Å²) >= 11 is 0. The van der Waals surface area contributed by atoms with Crippen LogP contribution in [-0.4, -0.2) is 54.8 Å². The van der Waals surface area contributed by atoms with Gasteiger partial charge in [-0.25, -0.2) is 4.79 Å². The van der Waals surface area contributed by atoms with Gasteiger partial charge in [-0.2, -0.15) is 0 Å². The van der Waals surface area contributed by atoms with Crippen LogP contribution < -0.4 is 5.32 Å². The number of nitrogens with zero attached hydrogens (tertiary/aromatic N) is 1. The van der Waals surface area contributed by atoms with E-state index in [-0.39, 0.29) is 30.1 Å². The highest BCUT2D eigenvalue weighted by Gasteiger charge is 2.29. The maximum atomic E-state index is 12.2. The van der Waals surface area contributed by atoms with Gasteiger partial charge in [0, 0.05) is 19.1 Å². The number of carbonyl (C=O) groups is 2. The molecule has 1 heterocycles. The van der Waals surface area contributed by atoms with Crippen molar-refractivity contribution in [2.75, 3.05) is 20.2 Å². The predicted octanol–water partition coefficient (Wildman–Crippen LogP) is 2.56. The van der Waals surface area contributed by atoms with Crippen molar-refractivity contribution >= 4 is 12.1 Å². The average molecular weight is 328 g/mol. The molecule has 0 spiro atoms. The highest BCUT2D eigenvalue weighted by atomic mass is 16.6. The molecule has 0 bridgehead atoms. The fraction of sp³-hybridized carbons (Fsp3) is 0.882. The van der Waals surface area contributed by atoms with Crippen molar-refractivity contribution in [3.63, 3.8) is 0 Å².